The summed E-state index contributed by atoms with van der Waals surface area (Å²) in [6.45, 7) is 2.91. The van der Waals surface area contributed by atoms with Gasteiger partial charge in [0.2, 0.25) is 10.0 Å². The minimum absolute atomic E-state index is 0.0848. The zero-order valence-corrected chi connectivity index (χ0v) is 10.9. The number of nitrogens with two attached hydrogens (primary N) is 1. The van der Waals surface area contributed by atoms with Gasteiger partial charge in [0.25, 0.3) is 0 Å². The molecule has 1 fully saturated rings. The summed E-state index contributed by atoms with van der Waals surface area (Å²) in [5.74, 6) is 5.43. The van der Waals surface area contributed by atoms with E-state index in [0.29, 0.717) is 19.7 Å². The summed E-state index contributed by atoms with van der Waals surface area (Å²) < 4.78 is 31.6. The Balaban J connectivity index is 2.35. The number of morpholine rings is 1. The number of nitrogens with one attached hydrogen (secondary N) is 1. The first-order valence-corrected chi connectivity index (χ1v) is 7.03. The number of sulfonamides is 1. The van der Waals surface area contributed by atoms with Gasteiger partial charge in [-0.25, -0.2) is 19.2 Å². The molecule has 7 nitrogen and oxygen atoms in total. The molecule has 1 unspecified atom stereocenters. The number of nitrogens with zero attached hydrogens (tertiary/aromatic N) is 2. The Hall–Kier alpha value is -1.22. The van der Waals surface area contributed by atoms with Crippen LogP contribution in [0.5, 0.6) is 0 Å². The van der Waals surface area contributed by atoms with Crippen LogP contribution >= 0.6 is 0 Å². The van der Waals surface area contributed by atoms with E-state index in [0.717, 1.165) is 0 Å². The van der Waals surface area contributed by atoms with E-state index >= 15 is 0 Å². The van der Waals surface area contributed by atoms with Gasteiger partial charge in [0.05, 0.1) is 12.7 Å². The standard InChI is InChI=1S/C10H16N4O3S/c1-8-7-14(5-6-17-8)18(15,16)9-3-2-4-12-10(9)13-11/h2-4,8H,5-7,11H2,1H3,(H,12,13). The number of hydrogen-bond donors (Lipinski definition) is 2. The third-order valence-corrected chi connectivity index (χ3v) is 4.63. The van der Waals surface area contributed by atoms with Gasteiger partial charge in [-0.05, 0) is 19.1 Å². The highest BCUT2D eigenvalue weighted by Gasteiger charge is 2.31. The van der Waals surface area contributed by atoms with Crippen LogP contribution in [0, 0.1) is 0 Å². The Kier molecular flexibility index (Phi) is 3.81. The van der Waals surface area contributed by atoms with Gasteiger partial charge >= 0.3 is 0 Å². The van der Waals surface area contributed by atoms with Gasteiger partial charge in [-0.15, -0.1) is 0 Å². The topological polar surface area (TPSA) is 97.6 Å². The fourth-order valence-corrected chi connectivity index (χ4v) is 3.46. The Morgan fingerprint density at radius 2 is 2.39 bits per heavy atom. The quantitative estimate of drug-likeness (QED) is 0.583. The van der Waals surface area contributed by atoms with E-state index < -0.39 is 10.0 Å². The molecule has 0 saturated carbocycles. The van der Waals surface area contributed by atoms with Crippen molar-refractivity contribution in [2.45, 2.75) is 17.9 Å². The van der Waals surface area contributed by atoms with E-state index in [1.165, 1.54) is 16.6 Å². The lowest BCUT2D eigenvalue weighted by Crippen LogP contribution is -2.44. The maximum absolute atomic E-state index is 12.4. The molecule has 0 amide bonds. The van der Waals surface area contributed by atoms with Crippen LogP contribution in [0.15, 0.2) is 23.2 Å². The lowest BCUT2D eigenvalue weighted by atomic mass is 10.3. The average Bonchev–Trinajstić information content (AvgIpc) is 2.38. The number of anilines is 1. The van der Waals surface area contributed by atoms with Crippen molar-refractivity contribution in [2.75, 3.05) is 25.1 Å². The zero-order chi connectivity index (χ0) is 13.2. The van der Waals surface area contributed by atoms with Crippen molar-refractivity contribution >= 4 is 15.8 Å². The lowest BCUT2D eigenvalue weighted by molar-refractivity contribution is 0.0102. The maximum atomic E-state index is 12.4. The monoisotopic (exact) mass is 272 g/mol. The highest BCUT2D eigenvalue weighted by Crippen LogP contribution is 2.23. The van der Waals surface area contributed by atoms with E-state index in [1.54, 1.807) is 6.07 Å². The summed E-state index contributed by atoms with van der Waals surface area (Å²) in [5, 5.41) is 0. The van der Waals surface area contributed by atoms with E-state index in [1.807, 2.05) is 6.92 Å². The summed E-state index contributed by atoms with van der Waals surface area (Å²) in [7, 11) is -3.59. The van der Waals surface area contributed by atoms with Crippen LogP contribution in [0.4, 0.5) is 5.82 Å². The molecule has 8 heteroatoms. The Morgan fingerprint density at radius 3 is 3.06 bits per heavy atom. The molecule has 1 aliphatic rings. The van der Waals surface area contributed by atoms with Gasteiger partial charge in [-0.3, -0.25) is 0 Å². The molecular weight excluding hydrogens is 256 g/mol. The third-order valence-electron chi connectivity index (χ3n) is 2.73. The highest BCUT2D eigenvalue weighted by molar-refractivity contribution is 7.89. The minimum Gasteiger partial charge on any atom is -0.376 e. The second-order valence-corrected chi connectivity index (χ2v) is 5.95. The van der Waals surface area contributed by atoms with Gasteiger partial charge < -0.3 is 10.2 Å². The van der Waals surface area contributed by atoms with Crippen LogP contribution < -0.4 is 11.3 Å². The molecule has 2 rings (SSSR count). The number of hydrazine groups is 1. The number of nitrogen functional groups attached to an aromatic ring is 1. The molecule has 0 spiro atoms. The predicted molar refractivity (Wildman–Crippen MR) is 66.2 cm³/mol. The van der Waals surface area contributed by atoms with Crippen molar-refractivity contribution in [1.82, 2.24) is 9.29 Å². The molecule has 2 heterocycles. The summed E-state index contributed by atoms with van der Waals surface area (Å²) in [5.41, 5.74) is 2.30. The van der Waals surface area contributed by atoms with Crippen LogP contribution in [0.2, 0.25) is 0 Å². The van der Waals surface area contributed by atoms with Crippen LogP contribution in [0.1, 0.15) is 6.92 Å². The van der Waals surface area contributed by atoms with Gasteiger partial charge in [0.1, 0.15) is 4.90 Å². The summed E-state index contributed by atoms with van der Waals surface area (Å²) in [4.78, 5) is 3.99. The molecule has 3 N–H and O–H groups in total. The van der Waals surface area contributed by atoms with Crippen molar-refractivity contribution in [1.29, 1.82) is 0 Å². The molecule has 0 bridgehead atoms. The van der Waals surface area contributed by atoms with Crippen LogP contribution in [0.25, 0.3) is 0 Å². The molecule has 1 aliphatic heterocycles. The molecule has 18 heavy (non-hydrogen) atoms. The second kappa shape index (κ2) is 5.19. The fourth-order valence-electron chi connectivity index (χ4n) is 1.85. The smallest absolute Gasteiger partial charge is 0.246 e. The molecule has 1 saturated heterocycles. The SMILES string of the molecule is CC1CN(S(=O)(=O)c2cccnc2NN)CCO1. The van der Waals surface area contributed by atoms with Gasteiger partial charge in [-0.1, -0.05) is 0 Å². The highest BCUT2D eigenvalue weighted by atomic mass is 32.2. The fraction of sp³-hybridized carbons (Fsp3) is 0.500. The molecule has 1 aromatic rings. The van der Waals surface area contributed by atoms with Crippen LogP contribution in [-0.4, -0.2) is 43.5 Å². The predicted octanol–water partition coefficient (Wildman–Crippen LogP) is -0.223. The maximum Gasteiger partial charge on any atom is 0.246 e. The largest absolute Gasteiger partial charge is 0.376 e. The third kappa shape index (κ3) is 2.46. The number of aromatic nitrogens is 1. The van der Waals surface area contributed by atoms with E-state index in [-0.39, 0.29) is 16.8 Å². The summed E-state index contributed by atoms with van der Waals surface area (Å²) in [6.07, 6.45) is 1.37. The number of ether oxygens (including phenoxy) is 1. The van der Waals surface area contributed by atoms with Gasteiger partial charge in [0.15, 0.2) is 5.82 Å². The normalized spacial score (nSPS) is 21.8. The second-order valence-electron chi connectivity index (χ2n) is 4.04. The van der Waals surface area contributed by atoms with Crippen LogP contribution in [0.3, 0.4) is 0 Å². The number of hydrogen-bond acceptors (Lipinski definition) is 6. The Morgan fingerprint density at radius 1 is 1.61 bits per heavy atom. The molecular formula is C10H16N4O3S. The van der Waals surface area contributed by atoms with Gasteiger partial charge in [-0.2, -0.15) is 4.31 Å². The lowest BCUT2D eigenvalue weighted by Gasteiger charge is -2.30. The summed E-state index contributed by atoms with van der Waals surface area (Å²) in [6, 6.07) is 3.05. The first-order valence-electron chi connectivity index (χ1n) is 5.59. The van der Waals surface area contributed by atoms with Crippen molar-refractivity contribution < 1.29 is 13.2 Å². The van der Waals surface area contributed by atoms with Crippen molar-refractivity contribution in [2.24, 2.45) is 5.84 Å². The first-order chi connectivity index (χ1) is 8.55. The molecule has 0 radical (unpaired) electrons. The van der Waals surface area contributed by atoms with Crippen LogP contribution in [-0.2, 0) is 14.8 Å². The Labute approximate surface area is 106 Å². The molecule has 1 atom stereocenters. The van der Waals surface area contributed by atoms with Crippen molar-refractivity contribution in [3.05, 3.63) is 18.3 Å². The summed E-state index contributed by atoms with van der Waals surface area (Å²) >= 11 is 0. The van der Waals surface area contributed by atoms with Crippen molar-refractivity contribution in [3.8, 4) is 0 Å². The number of pyridine rings is 1. The molecule has 0 aliphatic carbocycles. The molecule has 100 valence electrons. The zero-order valence-electron chi connectivity index (χ0n) is 10.0. The van der Waals surface area contributed by atoms with E-state index in [2.05, 4.69) is 10.4 Å². The Bertz CT molecular complexity index is 520. The van der Waals surface area contributed by atoms with Crippen molar-refractivity contribution in [3.63, 3.8) is 0 Å². The van der Waals surface area contributed by atoms with E-state index in [4.69, 9.17) is 10.6 Å². The van der Waals surface area contributed by atoms with Gasteiger partial charge in [0, 0.05) is 19.3 Å². The average molecular weight is 272 g/mol. The molecule has 1 aromatic heterocycles. The number of rotatable bonds is 3. The molecule has 0 aromatic carbocycles. The minimum atomic E-state index is -3.59. The first kappa shape index (κ1) is 13.2. The van der Waals surface area contributed by atoms with E-state index in [9.17, 15) is 8.42 Å².